The molecular formula is C11H17N3O. The van der Waals surface area contributed by atoms with E-state index >= 15 is 0 Å². The number of hydrogen-bond acceptors (Lipinski definition) is 3. The Bertz CT molecular complexity index is 361. The molecule has 0 aliphatic carbocycles. The first-order chi connectivity index (χ1) is 7.07. The van der Waals surface area contributed by atoms with Crippen molar-refractivity contribution in [1.82, 2.24) is 0 Å². The molecule has 0 saturated carbocycles. The van der Waals surface area contributed by atoms with Gasteiger partial charge in [-0.3, -0.25) is 0 Å². The van der Waals surface area contributed by atoms with Crippen LogP contribution in [-0.4, -0.2) is 24.1 Å². The minimum atomic E-state index is 0.137. The molecule has 1 aromatic rings. The normalized spacial score (nSPS) is 11.9. The van der Waals surface area contributed by atoms with Crippen LogP contribution in [0.15, 0.2) is 29.4 Å². The lowest BCUT2D eigenvalue weighted by molar-refractivity contribution is 0.318. The second-order valence-corrected chi connectivity index (χ2v) is 3.71. The van der Waals surface area contributed by atoms with Crippen LogP contribution in [0.4, 0.5) is 5.69 Å². The first-order valence-corrected chi connectivity index (χ1v) is 4.87. The predicted molar refractivity (Wildman–Crippen MR) is 62.5 cm³/mol. The smallest absolute Gasteiger partial charge is 0.172 e. The predicted octanol–water partition coefficient (Wildman–Crippen LogP) is 1.63. The summed E-state index contributed by atoms with van der Waals surface area (Å²) in [6.45, 7) is 4.17. The number of oxime groups is 1. The third-order valence-electron chi connectivity index (χ3n) is 2.44. The molecule has 1 aromatic carbocycles. The van der Waals surface area contributed by atoms with E-state index in [4.69, 9.17) is 10.9 Å². The van der Waals surface area contributed by atoms with Crippen LogP contribution in [0.2, 0.25) is 0 Å². The van der Waals surface area contributed by atoms with Crippen molar-refractivity contribution in [3.05, 3.63) is 29.8 Å². The SMILES string of the molecule is CC(C)N(C)c1ccccc1/C(N)=N/O. The van der Waals surface area contributed by atoms with Crippen LogP contribution in [0.5, 0.6) is 0 Å². The summed E-state index contributed by atoms with van der Waals surface area (Å²) in [6.07, 6.45) is 0. The molecule has 4 nitrogen and oxygen atoms in total. The average molecular weight is 207 g/mol. The maximum Gasteiger partial charge on any atom is 0.172 e. The van der Waals surface area contributed by atoms with Gasteiger partial charge >= 0.3 is 0 Å². The zero-order valence-corrected chi connectivity index (χ0v) is 9.31. The van der Waals surface area contributed by atoms with Gasteiger partial charge in [0.1, 0.15) is 0 Å². The van der Waals surface area contributed by atoms with Crippen LogP contribution in [-0.2, 0) is 0 Å². The van der Waals surface area contributed by atoms with E-state index in [0.717, 1.165) is 11.3 Å². The highest BCUT2D eigenvalue weighted by Crippen LogP contribution is 2.20. The number of amidine groups is 1. The van der Waals surface area contributed by atoms with Gasteiger partial charge in [0.25, 0.3) is 0 Å². The van der Waals surface area contributed by atoms with Gasteiger partial charge in [-0.2, -0.15) is 0 Å². The Morgan fingerprint density at radius 3 is 2.53 bits per heavy atom. The highest BCUT2D eigenvalue weighted by Gasteiger charge is 2.11. The summed E-state index contributed by atoms with van der Waals surface area (Å²) in [4.78, 5) is 2.08. The zero-order valence-electron chi connectivity index (χ0n) is 9.31. The molecule has 0 atom stereocenters. The molecule has 1 rings (SSSR count). The fourth-order valence-electron chi connectivity index (χ4n) is 1.33. The van der Waals surface area contributed by atoms with Crippen LogP contribution in [0.25, 0.3) is 0 Å². The average Bonchev–Trinajstić information content (AvgIpc) is 2.27. The number of anilines is 1. The Balaban J connectivity index is 3.18. The van der Waals surface area contributed by atoms with Gasteiger partial charge in [-0.05, 0) is 26.0 Å². The molecule has 4 heteroatoms. The van der Waals surface area contributed by atoms with E-state index in [1.165, 1.54) is 0 Å². The molecule has 0 bridgehead atoms. The molecule has 0 heterocycles. The van der Waals surface area contributed by atoms with Crippen molar-refractivity contribution < 1.29 is 5.21 Å². The summed E-state index contributed by atoms with van der Waals surface area (Å²) in [6, 6.07) is 7.95. The maximum absolute atomic E-state index is 8.68. The van der Waals surface area contributed by atoms with E-state index in [1.54, 1.807) is 0 Å². The quantitative estimate of drug-likeness (QED) is 0.343. The summed E-state index contributed by atoms with van der Waals surface area (Å²) in [5, 5.41) is 11.7. The molecule has 0 fully saturated rings. The number of rotatable bonds is 3. The van der Waals surface area contributed by atoms with Crippen molar-refractivity contribution >= 4 is 11.5 Å². The van der Waals surface area contributed by atoms with Crippen LogP contribution >= 0.6 is 0 Å². The van der Waals surface area contributed by atoms with Crippen molar-refractivity contribution in [1.29, 1.82) is 0 Å². The first kappa shape index (κ1) is 11.4. The van der Waals surface area contributed by atoms with Crippen LogP contribution in [0.3, 0.4) is 0 Å². The largest absolute Gasteiger partial charge is 0.409 e. The Hall–Kier alpha value is -1.71. The van der Waals surface area contributed by atoms with E-state index < -0.39 is 0 Å². The standard InChI is InChI=1S/C11H17N3O/c1-8(2)14(3)10-7-5-4-6-9(10)11(12)13-15/h4-8,15H,1-3H3,(H2,12,13). The Kier molecular flexibility index (Phi) is 3.55. The number of nitrogens with two attached hydrogens (primary N) is 1. The summed E-state index contributed by atoms with van der Waals surface area (Å²) < 4.78 is 0. The summed E-state index contributed by atoms with van der Waals surface area (Å²) >= 11 is 0. The fraction of sp³-hybridized carbons (Fsp3) is 0.364. The van der Waals surface area contributed by atoms with Crippen molar-refractivity contribution in [3.63, 3.8) is 0 Å². The second-order valence-electron chi connectivity index (χ2n) is 3.71. The third kappa shape index (κ3) is 2.40. The van der Waals surface area contributed by atoms with Gasteiger partial charge < -0.3 is 15.8 Å². The zero-order chi connectivity index (χ0) is 11.4. The van der Waals surface area contributed by atoms with Gasteiger partial charge in [0.15, 0.2) is 5.84 Å². The van der Waals surface area contributed by atoms with Gasteiger partial charge in [-0.1, -0.05) is 17.3 Å². The molecule has 3 N–H and O–H groups in total. The highest BCUT2D eigenvalue weighted by atomic mass is 16.4. The summed E-state index contributed by atoms with van der Waals surface area (Å²) in [5.41, 5.74) is 7.31. The van der Waals surface area contributed by atoms with Crippen molar-refractivity contribution in [2.45, 2.75) is 19.9 Å². The lowest BCUT2D eigenvalue weighted by Gasteiger charge is -2.25. The molecule has 0 aliphatic rings. The molecular weight excluding hydrogens is 190 g/mol. The molecule has 0 spiro atoms. The van der Waals surface area contributed by atoms with Crippen molar-refractivity contribution in [2.24, 2.45) is 10.9 Å². The van der Waals surface area contributed by atoms with Crippen LogP contribution in [0.1, 0.15) is 19.4 Å². The van der Waals surface area contributed by atoms with E-state index in [-0.39, 0.29) is 5.84 Å². The lowest BCUT2D eigenvalue weighted by Crippen LogP contribution is -2.28. The lowest BCUT2D eigenvalue weighted by atomic mass is 10.1. The van der Waals surface area contributed by atoms with E-state index in [1.807, 2.05) is 31.3 Å². The molecule has 0 amide bonds. The molecule has 0 saturated heterocycles. The number of hydrogen-bond donors (Lipinski definition) is 2. The minimum Gasteiger partial charge on any atom is -0.409 e. The Morgan fingerprint density at radius 1 is 1.40 bits per heavy atom. The van der Waals surface area contributed by atoms with Crippen LogP contribution < -0.4 is 10.6 Å². The first-order valence-electron chi connectivity index (χ1n) is 4.87. The van der Waals surface area contributed by atoms with Gasteiger partial charge in [-0.25, -0.2) is 0 Å². The highest BCUT2D eigenvalue weighted by molar-refractivity contribution is 6.02. The van der Waals surface area contributed by atoms with E-state index in [2.05, 4.69) is 23.9 Å². The number of nitrogens with zero attached hydrogens (tertiary/aromatic N) is 2. The maximum atomic E-state index is 8.68. The van der Waals surface area contributed by atoms with Gasteiger partial charge in [0.05, 0.1) is 0 Å². The second kappa shape index (κ2) is 4.68. The number of para-hydroxylation sites is 1. The number of benzene rings is 1. The molecule has 0 unspecified atom stereocenters. The van der Waals surface area contributed by atoms with Crippen molar-refractivity contribution in [2.75, 3.05) is 11.9 Å². The van der Waals surface area contributed by atoms with E-state index in [0.29, 0.717) is 6.04 Å². The topological polar surface area (TPSA) is 61.8 Å². The van der Waals surface area contributed by atoms with Gasteiger partial charge in [-0.15, -0.1) is 0 Å². The summed E-state index contributed by atoms with van der Waals surface area (Å²) in [7, 11) is 1.98. The Labute approximate surface area is 90.0 Å². The molecule has 0 aliphatic heterocycles. The van der Waals surface area contributed by atoms with Gasteiger partial charge in [0, 0.05) is 24.3 Å². The van der Waals surface area contributed by atoms with E-state index in [9.17, 15) is 0 Å². The summed E-state index contributed by atoms with van der Waals surface area (Å²) in [5.74, 6) is 0.137. The monoisotopic (exact) mass is 207 g/mol. The third-order valence-corrected chi connectivity index (χ3v) is 2.44. The fourth-order valence-corrected chi connectivity index (χ4v) is 1.33. The van der Waals surface area contributed by atoms with Gasteiger partial charge in [0.2, 0.25) is 0 Å². The van der Waals surface area contributed by atoms with Crippen LogP contribution in [0, 0.1) is 0 Å². The van der Waals surface area contributed by atoms with Crippen molar-refractivity contribution in [3.8, 4) is 0 Å². The minimum absolute atomic E-state index is 0.137. The molecule has 0 aromatic heterocycles. The molecule has 82 valence electrons. The molecule has 0 radical (unpaired) electrons. The molecule has 15 heavy (non-hydrogen) atoms. The Morgan fingerprint density at radius 2 is 2.00 bits per heavy atom.